The largest absolute Gasteiger partial charge is 0.368 e. The van der Waals surface area contributed by atoms with Crippen LogP contribution >= 0.6 is 0 Å². The summed E-state index contributed by atoms with van der Waals surface area (Å²) in [6.07, 6.45) is 15.5. The molecule has 1 aliphatic heterocycles. The van der Waals surface area contributed by atoms with Gasteiger partial charge in [-0.25, -0.2) is 9.99 Å². The molecular formula is C22H32N6. The standard InChI is InChI=1S/C14H14N6.C6H12.C2H6/c1-3-18-20-5-4-10(6-9(20)2)11-7-16-13-12(11)8-17-14(15)19-13;1-6(2)4-3-5-6;1-2/h3-8H,2H2,1H3,(H3,15,16,17,19);3-5H2,1-2H3;1-2H3/b18-3-;;. The number of anilines is 1. The molecule has 0 saturated heterocycles. The van der Waals surface area contributed by atoms with Crippen LogP contribution in [-0.4, -0.2) is 26.2 Å². The van der Waals surface area contributed by atoms with E-state index < -0.39 is 0 Å². The average molecular weight is 381 g/mol. The van der Waals surface area contributed by atoms with Gasteiger partial charge in [-0.05, 0) is 42.9 Å². The zero-order valence-electron chi connectivity index (χ0n) is 17.7. The summed E-state index contributed by atoms with van der Waals surface area (Å²) in [5.74, 6) is 0.256. The average Bonchev–Trinajstić information content (AvgIpc) is 3.07. The van der Waals surface area contributed by atoms with Gasteiger partial charge in [0, 0.05) is 35.8 Å². The molecule has 1 aliphatic carbocycles. The number of hydrazone groups is 1. The summed E-state index contributed by atoms with van der Waals surface area (Å²) in [5.41, 5.74) is 9.86. The molecule has 0 spiro atoms. The highest BCUT2D eigenvalue weighted by Gasteiger charge is 2.25. The monoisotopic (exact) mass is 380 g/mol. The van der Waals surface area contributed by atoms with Crippen molar-refractivity contribution in [2.45, 2.75) is 53.9 Å². The number of aromatic nitrogens is 3. The lowest BCUT2D eigenvalue weighted by atomic mass is 9.72. The second kappa shape index (κ2) is 9.35. The number of fused-ring (bicyclic) bond motifs is 1. The van der Waals surface area contributed by atoms with Gasteiger partial charge in [-0.2, -0.15) is 10.1 Å². The van der Waals surface area contributed by atoms with Gasteiger partial charge in [0.1, 0.15) is 5.65 Å². The number of hydrogen-bond acceptors (Lipinski definition) is 5. The Balaban J connectivity index is 0.000000296. The van der Waals surface area contributed by atoms with Gasteiger partial charge >= 0.3 is 0 Å². The first kappa shape index (κ1) is 21.4. The van der Waals surface area contributed by atoms with E-state index in [9.17, 15) is 0 Å². The Hall–Kier alpha value is -2.89. The van der Waals surface area contributed by atoms with Gasteiger partial charge in [0.2, 0.25) is 5.95 Å². The zero-order chi connectivity index (χ0) is 20.7. The molecular weight excluding hydrogens is 348 g/mol. The SMILES string of the molecule is C=C1C=C(c2c[nH]c3nc(N)ncc23)C=CN1/N=C\C.CC.CC1(C)CCC1. The second-order valence-electron chi connectivity index (χ2n) is 7.34. The van der Waals surface area contributed by atoms with Crippen molar-refractivity contribution in [1.29, 1.82) is 0 Å². The third-order valence-corrected chi connectivity index (χ3v) is 4.72. The molecule has 1 fully saturated rings. The molecule has 2 aromatic rings. The quantitative estimate of drug-likeness (QED) is 0.674. The Morgan fingerprint density at radius 3 is 2.54 bits per heavy atom. The van der Waals surface area contributed by atoms with E-state index in [1.54, 1.807) is 17.4 Å². The Morgan fingerprint density at radius 2 is 2.00 bits per heavy atom. The van der Waals surface area contributed by atoms with Crippen molar-refractivity contribution in [3.63, 3.8) is 0 Å². The molecule has 4 rings (SSSR count). The van der Waals surface area contributed by atoms with Crippen LogP contribution < -0.4 is 5.73 Å². The molecule has 3 heterocycles. The predicted octanol–water partition coefficient (Wildman–Crippen LogP) is 5.49. The summed E-state index contributed by atoms with van der Waals surface area (Å²) < 4.78 is 0. The van der Waals surface area contributed by atoms with E-state index in [1.165, 1.54) is 19.3 Å². The molecule has 0 aromatic carbocycles. The van der Waals surface area contributed by atoms with Crippen molar-refractivity contribution in [3.8, 4) is 0 Å². The maximum atomic E-state index is 5.58. The molecule has 6 heteroatoms. The minimum atomic E-state index is 0.256. The maximum Gasteiger partial charge on any atom is 0.221 e. The lowest BCUT2D eigenvalue weighted by Gasteiger charge is -2.33. The molecule has 28 heavy (non-hydrogen) atoms. The maximum absolute atomic E-state index is 5.58. The summed E-state index contributed by atoms with van der Waals surface area (Å²) in [6, 6.07) is 0. The highest BCUT2D eigenvalue weighted by atomic mass is 15.4. The molecule has 0 radical (unpaired) electrons. The van der Waals surface area contributed by atoms with E-state index in [4.69, 9.17) is 5.73 Å². The van der Waals surface area contributed by atoms with Crippen molar-refractivity contribution in [2.75, 3.05) is 5.73 Å². The summed E-state index contributed by atoms with van der Waals surface area (Å²) >= 11 is 0. The smallest absolute Gasteiger partial charge is 0.221 e. The normalized spacial score (nSPS) is 17.4. The van der Waals surface area contributed by atoms with E-state index in [2.05, 4.69) is 40.5 Å². The van der Waals surface area contributed by atoms with Crippen molar-refractivity contribution in [2.24, 2.45) is 10.5 Å². The van der Waals surface area contributed by atoms with Crippen LogP contribution in [0.2, 0.25) is 0 Å². The third-order valence-electron chi connectivity index (χ3n) is 4.72. The van der Waals surface area contributed by atoms with Gasteiger partial charge in [-0.1, -0.05) is 40.7 Å². The Morgan fingerprint density at radius 1 is 1.32 bits per heavy atom. The molecule has 2 aromatic heterocycles. The molecule has 0 bridgehead atoms. The highest BCUT2D eigenvalue weighted by molar-refractivity contribution is 5.94. The van der Waals surface area contributed by atoms with Crippen molar-refractivity contribution in [3.05, 3.63) is 48.6 Å². The molecule has 6 nitrogen and oxygen atoms in total. The Bertz CT molecular complexity index is 895. The number of nitrogens with one attached hydrogen (secondary N) is 1. The number of H-pyrrole nitrogens is 1. The van der Waals surface area contributed by atoms with E-state index in [1.807, 2.05) is 45.3 Å². The lowest BCUT2D eigenvalue weighted by molar-refractivity contribution is 0.190. The number of allylic oxidation sites excluding steroid dienone is 3. The minimum absolute atomic E-state index is 0.256. The van der Waals surface area contributed by atoms with Crippen LogP contribution in [-0.2, 0) is 0 Å². The van der Waals surface area contributed by atoms with E-state index in [-0.39, 0.29) is 5.95 Å². The van der Waals surface area contributed by atoms with Gasteiger partial charge in [-0.3, -0.25) is 0 Å². The summed E-state index contributed by atoms with van der Waals surface area (Å²) in [4.78, 5) is 11.3. The molecule has 0 amide bonds. The van der Waals surface area contributed by atoms with Gasteiger partial charge in [0.15, 0.2) is 0 Å². The Kier molecular flexibility index (Phi) is 7.15. The van der Waals surface area contributed by atoms with Crippen LogP contribution in [0.25, 0.3) is 16.6 Å². The number of nitrogens with two attached hydrogens (primary N) is 1. The van der Waals surface area contributed by atoms with Crippen LogP contribution in [0.1, 0.15) is 59.4 Å². The highest BCUT2D eigenvalue weighted by Crippen LogP contribution is 2.38. The van der Waals surface area contributed by atoms with Crippen LogP contribution in [0.15, 0.2) is 48.1 Å². The van der Waals surface area contributed by atoms with Gasteiger partial charge in [0.25, 0.3) is 0 Å². The fourth-order valence-electron chi connectivity index (χ4n) is 2.99. The van der Waals surface area contributed by atoms with Crippen LogP contribution in [0.4, 0.5) is 5.95 Å². The molecule has 2 aliphatic rings. The zero-order valence-corrected chi connectivity index (χ0v) is 17.7. The first-order chi connectivity index (χ1) is 13.4. The van der Waals surface area contributed by atoms with Gasteiger partial charge in [0.05, 0.1) is 5.70 Å². The first-order valence-electron chi connectivity index (χ1n) is 9.86. The van der Waals surface area contributed by atoms with E-state index >= 15 is 0 Å². The second-order valence-corrected chi connectivity index (χ2v) is 7.34. The van der Waals surface area contributed by atoms with E-state index in [0.717, 1.165) is 33.3 Å². The van der Waals surface area contributed by atoms with Crippen molar-refractivity contribution >= 4 is 28.8 Å². The fourth-order valence-corrected chi connectivity index (χ4v) is 2.99. The van der Waals surface area contributed by atoms with Gasteiger partial charge < -0.3 is 10.7 Å². The number of nitrogen functional groups attached to an aromatic ring is 1. The first-order valence-corrected chi connectivity index (χ1v) is 9.86. The molecule has 3 N–H and O–H groups in total. The lowest BCUT2D eigenvalue weighted by Crippen LogP contribution is -2.20. The molecule has 1 saturated carbocycles. The van der Waals surface area contributed by atoms with Crippen molar-refractivity contribution in [1.82, 2.24) is 20.0 Å². The number of rotatable bonds is 2. The number of nitrogens with zero attached hydrogens (tertiary/aromatic N) is 4. The van der Waals surface area contributed by atoms with Crippen LogP contribution in [0.5, 0.6) is 0 Å². The Labute approximate surface area is 167 Å². The predicted molar refractivity (Wildman–Crippen MR) is 120 cm³/mol. The third kappa shape index (κ3) is 5.09. The van der Waals surface area contributed by atoms with Crippen LogP contribution in [0, 0.1) is 5.41 Å². The number of hydrogen-bond donors (Lipinski definition) is 2. The fraction of sp³-hybridized carbons (Fsp3) is 0.409. The summed E-state index contributed by atoms with van der Waals surface area (Å²) in [7, 11) is 0. The van der Waals surface area contributed by atoms with Crippen molar-refractivity contribution < 1.29 is 0 Å². The molecule has 0 atom stereocenters. The minimum Gasteiger partial charge on any atom is -0.368 e. The molecule has 0 unspecified atom stereocenters. The topological polar surface area (TPSA) is 83.2 Å². The van der Waals surface area contributed by atoms with E-state index in [0.29, 0.717) is 0 Å². The molecule has 150 valence electrons. The summed E-state index contributed by atoms with van der Waals surface area (Å²) in [6.45, 7) is 14.5. The van der Waals surface area contributed by atoms with Gasteiger partial charge in [-0.15, -0.1) is 0 Å². The summed E-state index contributed by atoms with van der Waals surface area (Å²) in [5, 5.41) is 6.82. The number of aromatic amines is 1. The van der Waals surface area contributed by atoms with Crippen LogP contribution in [0.3, 0.4) is 0 Å².